The monoisotopic (exact) mass is 159 g/mol. The van der Waals surface area contributed by atoms with E-state index < -0.39 is 0 Å². The SMILES string of the molecule is CCCC(N)C(C)CCOC. The molecule has 2 N–H and O–H groups in total. The van der Waals surface area contributed by atoms with Crippen LogP contribution in [0.2, 0.25) is 0 Å². The summed E-state index contributed by atoms with van der Waals surface area (Å²) in [6.45, 7) is 5.20. The Morgan fingerprint density at radius 1 is 1.36 bits per heavy atom. The fourth-order valence-electron chi connectivity index (χ4n) is 1.14. The molecule has 0 heterocycles. The van der Waals surface area contributed by atoms with Crippen LogP contribution in [0.5, 0.6) is 0 Å². The molecular weight excluding hydrogens is 138 g/mol. The molecular formula is C9H21NO. The number of methoxy groups -OCH3 is 1. The Bertz CT molecular complexity index is 85.6. The number of nitrogens with two attached hydrogens (primary N) is 1. The first-order chi connectivity index (χ1) is 5.22. The summed E-state index contributed by atoms with van der Waals surface area (Å²) in [5.41, 5.74) is 5.91. The Morgan fingerprint density at radius 2 is 2.00 bits per heavy atom. The van der Waals surface area contributed by atoms with Crippen molar-refractivity contribution in [2.24, 2.45) is 11.7 Å². The lowest BCUT2D eigenvalue weighted by Crippen LogP contribution is -2.28. The molecule has 2 unspecified atom stereocenters. The Morgan fingerprint density at radius 3 is 2.45 bits per heavy atom. The van der Waals surface area contributed by atoms with E-state index in [1.165, 1.54) is 6.42 Å². The highest BCUT2D eigenvalue weighted by molar-refractivity contribution is 4.67. The first-order valence-corrected chi connectivity index (χ1v) is 4.46. The molecule has 0 aromatic rings. The lowest BCUT2D eigenvalue weighted by Gasteiger charge is -2.18. The summed E-state index contributed by atoms with van der Waals surface area (Å²) in [4.78, 5) is 0. The molecule has 11 heavy (non-hydrogen) atoms. The van der Waals surface area contributed by atoms with Gasteiger partial charge < -0.3 is 10.5 Å². The number of ether oxygens (including phenoxy) is 1. The maximum absolute atomic E-state index is 5.91. The summed E-state index contributed by atoms with van der Waals surface area (Å²) in [5.74, 6) is 0.592. The zero-order valence-corrected chi connectivity index (χ0v) is 7.97. The highest BCUT2D eigenvalue weighted by Gasteiger charge is 2.10. The van der Waals surface area contributed by atoms with Crippen LogP contribution in [0.25, 0.3) is 0 Å². The van der Waals surface area contributed by atoms with Gasteiger partial charge in [-0.15, -0.1) is 0 Å². The zero-order chi connectivity index (χ0) is 8.69. The van der Waals surface area contributed by atoms with Crippen LogP contribution in [0.1, 0.15) is 33.1 Å². The van der Waals surface area contributed by atoms with Crippen molar-refractivity contribution in [3.8, 4) is 0 Å². The first-order valence-electron chi connectivity index (χ1n) is 4.46. The second-order valence-corrected chi connectivity index (χ2v) is 3.21. The third kappa shape index (κ3) is 5.22. The third-order valence-electron chi connectivity index (χ3n) is 2.13. The van der Waals surface area contributed by atoms with Gasteiger partial charge in [0.15, 0.2) is 0 Å². The average molecular weight is 159 g/mol. The van der Waals surface area contributed by atoms with Crippen LogP contribution in [0.4, 0.5) is 0 Å². The highest BCUT2D eigenvalue weighted by Crippen LogP contribution is 2.10. The van der Waals surface area contributed by atoms with Gasteiger partial charge >= 0.3 is 0 Å². The van der Waals surface area contributed by atoms with E-state index in [-0.39, 0.29) is 0 Å². The molecule has 0 aliphatic carbocycles. The lowest BCUT2D eigenvalue weighted by molar-refractivity contribution is 0.173. The lowest BCUT2D eigenvalue weighted by atomic mass is 9.96. The Kier molecular flexibility index (Phi) is 6.57. The predicted octanol–water partition coefficient (Wildman–Crippen LogP) is 1.79. The van der Waals surface area contributed by atoms with Gasteiger partial charge in [0.1, 0.15) is 0 Å². The normalized spacial score (nSPS) is 16.4. The fraction of sp³-hybridized carbons (Fsp3) is 1.00. The van der Waals surface area contributed by atoms with Crippen LogP contribution >= 0.6 is 0 Å². The molecule has 2 nitrogen and oxygen atoms in total. The number of rotatable bonds is 6. The molecule has 0 amide bonds. The molecule has 0 fully saturated rings. The van der Waals surface area contributed by atoms with Crippen LogP contribution < -0.4 is 5.73 Å². The van der Waals surface area contributed by atoms with E-state index in [1.54, 1.807) is 7.11 Å². The summed E-state index contributed by atoms with van der Waals surface area (Å²) in [6, 6.07) is 0.357. The van der Waals surface area contributed by atoms with Gasteiger partial charge in [-0.2, -0.15) is 0 Å². The maximum atomic E-state index is 5.91. The van der Waals surface area contributed by atoms with Crippen molar-refractivity contribution in [2.75, 3.05) is 13.7 Å². The van der Waals surface area contributed by atoms with Crippen molar-refractivity contribution in [3.05, 3.63) is 0 Å². The largest absolute Gasteiger partial charge is 0.385 e. The van der Waals surface area contributed by atoms with Gasteiger partial charge in [-0.1, -0.05) is 20.3 Å². The van der Waals surface area contributed by atoms with Crippen molar-refractivity contribution in [1.29, 1.82) is 0 Å². The summed E-state index contributed by atoms with van der Waals surface area (Å²) in [7, 11) is 1.73. The Balaban J connectivity index is 3.38. The van der Waals surface area contributed by atoms with Gasteiger partial charge in [0, 0.05) is 19.8 Å². The molecule has 0 saturated heterocycles. The summed E-state index contributed by atoms with van der Waals surface area (Å²) in [6.07, 6.45) is 3.39. The van der Waals surface area contributed by atoms with Gasteiger partial charge in [0.2, 0.25) is 0 Å². The molecule has 0 aromatic carbocycles. The predicted molar refractivity (Wildman–Crippen MR) is 48.5 cm³/mol. The highest BCUT2D eigenvalue weighted by atomic mass is 16.5. The fourth-order valence-corrected chi connectivity index (χ4v) is 1.14. The standard InChI is InChI=1S/C9H21NO/c1-4-5-9(10)8(2)6-7-11-3/h8-9H,4-7,10H2,1-3H3. The molecule has 0 radical (unpaired) electrons. The molecule has 68 valence electrons. The molecule has 0 bridgehead atoms. The average Bonchev–Trinajstić information content (AvgIpc) is 2.00. The molecule has 0 rings (SSSR count). The van der Waals surface area contributed by atoms with Crippen molar-refractivity contribution in [2.45, 2.75) is 39.2 Å². The van der Waals surface area contributed by atoms with E-state index >= 15 is 0 Å². The summed E-state index contributed by atoms with van der Waals surface area (Å²) in [5, 5.41) is 0. The first kappa shape index (κ1) is 10.9. The van der Waals surface area contributed by atoms with Crippen molar-refractivity contribution in [3.63, 3.8) is 0 Å². The Hall–Kier alpha value is -0.0800. The van der Waals surface area contributed by atoms with Crippen LogP contribution in [0.15, 0.2) is 0 Å². The van der Waals surface area contributed by atoms with E-state index in [1.807, 2.05) is 0 Å². The van der Waals surface area contributed by atoms with Crippen molar-refractivity contribution >= 4 is 0 Å². The van der Waals surface area contributed by atoms with Gasteiger partial charge in [-0.25, -0.2) is 0 Å². The van der Waals surface area contributed by atoms with Crippen LogP contribution in [-0.2, 0) is 4.74 Å². The van der Waals surface area contributed by atoms with Crippen LogP contribution in [0.3, 0.4) is 0 Å². The topological polar surface area (TPSA) is 35.2 Å². The quantitative estimate of drug-likeness (QED) is 0.641. The van der Waals surface area contributed by atoms with Gasteiger partial charge in [0.05, 0.1) is 0 Å². The van der Waals surface area contributed by atoms with E-state index in [0.29, 0.717) is 12.0 Å². The number of hydrogen-bond donors (Lipinski definition) is 1. The van der Waals surface area contributed by atoms with Gasteiger partial charge in [-0.3, -0.25) is 0 Å². The third-order valence-corrected chi connectivity index (χ3v) is 2.13. The molecule has 0 aliphatic heterocycles. The molecule has 2 atom stereocenters. The molecule has 0 saturated carbocycles. The van der Waals surface area contributed by atoms with E-state index in [2.05, 4.69) is 13.8 Å². The van der Waals surface area contributed by atoms with Crippen LogP contribution in [-0.4, -0.2) is 19.8 Å². The minimum Gasteiger partial charge on any atom is -0.385 e. The second-order valence-electron chi connectivity index (χ2n) is 3.21. The van der Waals surface area contributed by atoms with Crippen LogP contribution in [0, 0.1) is 5.92 Å². The van der Waals surface area contributed by atoms with Crippen molar-refractivity contribution in [1.82, 2.24) is 0 Å². The molecule has 0 aromatic heterocycles. The summed E-state index contributed by atoms with van der Waals surface area (Å²) < 4.78 is 4.99. The minimum atomic E-state index is 0.357. The summed E-state index contributed by atoms with van der Waals surface area (Å²) >= 11 is 0. The molecule has 2 heteroatoms. The number of hydrogen-bond acceptors (Lipinski definition) is 2. The second kappa shape index (κ2) is 6.62. The zero-order valence-electron chi connectivity index (χ0n) is 7.97. The Labute approximate surface area is 70.1 Å². The maximum Gasteiger partial charge on any atom is 0.0465 e. The van der Waals surface area contributed by atoms with E-state index in [9.17, 15) is 0 Å². The van der Waals surface area contributed by atoms with E-state index in [4.69, 9.17) is 10.5 Å². The van der Waals surface area contributed by atoms with Crippen molar-refractivity contribution < 1.29 is 4.74 Å². The van der Waals surface area contributed by atoms with E-state index in [0.717, 1.165) is 19.4 Å². The van der Waals surface area contributed by atoms with Gasteiger partial charge in [-0.05, 0) is 18.8 Å². The van der Waals surface area contributed by atoms with Gasteiger partial charge in [0.25, 0.3) is 0 Å². The molecule has 0 aliphatic rings. The smallest absolute Gasteiger partial charge is 0.0465 e. The minimum absolute atomic E-state index is 0.357. The molecule has 0 spiro atoms.